The predicted octanol–water partition coefficient (Wildman–Crippen LogP) is 4.79. The fourth-order valence-corrected chi connectivity index (χ4v) is 4.16. The molecule has 3 rings (SSSR count). The van der Waals surface area contributed by atoms with Gasteiger partial charge in [-0.3, -0.25) is 0 Å². The second kappa shape index (κ2) is 4.84. The first kappa shape index (κ1) is 15.1. The van der Waals surface area contributed by atoms with Gasteiger partial charge in [-0.1, -0.05) is 58.9 Å². The summed E-state index contributed by atoms with van der Waals surface area (Å²) in [5.41, 5.74) is 4.12. The highest BCUT2D eigenvalue weighted by Crippen LogP contribution is 2.55. The lowest BCUT2D eigenvalue weighted by Gasteiger charge is -2.54. The highest BCUT2D eigenvalue weighted by atomic mass is 15.0. The lowest BCUT2D eigenvalue weighted by Crippen LogP contribution is -2.52. The second-order valence-electron chi connectivity index (χ2n) is 9.28. The standard InChI is InChI=1S/C20H31N/c1-18(2,3)15-6-8-16(9-7-15)20(12-19(4,5)13-20)14-21-17-10-11-17/h6-9,17,21H,10-14H2,1-5H3. The third-order valence-electron chi connectivity index (χ3n) is 5.30. The molecule has 116 valence electrons. The number of hydrogen-bond acceptors (Lipinski definition) is 1. The summed E-state index contributed by atoms with van der Waals surface area (Å²) < 4.78 is 0. The van der Waals surface area contributed by atoms with Gasteiger partial charge in [-0.25, -0.2) is 0 Å². The Bertz CT molecular complexity index is 492. The number of hydrogen-bond donors (Lipinski definition) is 1. The van der Waals surface area contributed by atoms with Crippen LogP contribution in [-0.2, 0) is 10.8 Å². The number of benzene rings is 1. The van der Waals surface area contributed by atoms with Crippen molar-refractivity contribution in [2.45, 2.75) is 77.2 Å². The molecular formula is C20H31N. The van der Waals surface area contributed by atoms with E-state index in [9.17, 15) is 0 Å². The monoisotopic (exact) mass is 285 g/mol. The van der Waals surface area contributed by atoms with Gasteiger partial charge in [-0.05, 0) is 47.6 Å². The molecule has 0 aromatic heterocycles. The third kappa shape index (κ3) is 3.18. The maximum atomic E-state index is 3.78. The summed E-state index contributed by atoms with van der Waals surface area (Å²) in [5.74, 6) is 0. The van der Waals surface area contributed by atoms with Gasteiger partial charge in [0.15, 0.2) is 0 Å². The van der Waals surface area contributed by atoms with Gasteiger partial charge in [0, 0.05) is 18.0 Å². The zero-order valence-electron chi connectivity index (χ0n) is 14.4. The van der Waals surface area contributed by atoms with Gasteiger partial charge in [0.2, 0.25) is 0 Å². The summed E-state index contributed by atoms with van der Waals surface area (Å²) in [7, 11) is 0. The Morgan fingerprint density at radius 2 is 1.62 bits per heavy atom. The molecule has 0 aliphatic heterocycles. The topological polar surface area (TPSA) is 12.0 Å². The summed E-state index contributed by atoms with van der Waals surface area (Å²) >= 11 is 0. The van der Waals surface area contributed by atoms with E-state index in [4.69, 9.17) is 0 Å². The molecule has 0 unspecified atom stereocenters. The molecule has 0 saturated heterocycles. The molecular weight excluding hydrogens is 254 g/mol. The Balaban J connectivity index is 1.79. The molecule has 2 aliphatic carbocycles. The van der Waals surface area contributed by atoms with E-state index in [1.807, 2.05) is 0 Å². The van der Waals surface area contributed by atoms with Crippen molar-refractivity contribution in [3.05, 3.63) is 35.4 Å². The minimum Gasteiger partial charge on any atom is -0.313 e. The zero-order valence-corrected chi connectivity index (χ0v) is 14.4. The third-order valence-corrected chi connectivity index (χ3v) is 5.30. The number of rotatable bonds is 4. The summed E-state index contributed by atoms with van der Waals surface area (Å²) in [4.78, 5) is 0. The van der Waals surface area contributed by atoms with Crippen LogP contribution in [0.1, 0.15) is 71.4 Å². The summed E-state index contributed by atoms with van der Waals surface area (Å²) in [6, 6.07) is 10.3. The maximum Gasteiger partial charge on any atom is 0.00880 e. The fourth-order valence-electron chi connectivity index (χ4n) is 4.16. The van der Waals surface area contributed by atoms with Crippen LogP contribution in [0, 0.1) is 5.41 Å². The molecule has 0 radical (unpaired) electrons. The van der Waals surface area contributed by atoms with Crippen molar-refractivity contribution in [3.63, 3.8) is 0 Å². The average molecular weight is 285 g/mol. The smallest absolute Gasteiger partial charge is 0.00880 e. The molecule has 2 aliphatic rings. The zero-order chi connectivity index (χ0) is 15.3. The van der Waals surface area contributed by atoms with Crippen LogP contribution < -0.4 is 5.32 Å². The van der Waals surface area contributed by atoms with Crippen molar-refractivity contribution in [2.24, 2.45) is 5.41 Å². The average Bonchev–Trinajstić information content (AvgIpc) is 3.16. The van der Waals surface area contributed by atoms with Crippen molar-refractivity contribution in [3.8, 4) is 0 Å². The molecule has 1 aromatic rings. The Labute approximate surface area is 130 Å². The van der Waals surface area contributed by atoms with Crippen LogP contribution in [0.3, 0.4) is 0 Å². The quantitative estimate of drug-likeness (QED) is 0.838. The first-order valence-electron chi connectivity index (χ1n) is 8.55. The first-order chi connectivity index (χ1) is 9.70. The highest BCUT2D eigenvalue weighted by molar-refractivity contribution is 5.35. The SMILES string of the molecule is CC1(C)CC(CNC2CC2)(c2ccc(C(C)(C)C)cc2)C1. The van der Waals surface area contributed by atoms with Crippen molar-refractivity contribution in [2.75, 3.05) is 6.54 Å². The Kier molecular flexibility index (Phi) is 3.48. The van der Waals surface area contributed by atoms with Crippen molar-refractivity contribution in [1.82, 2.24) is 5.32 Å². The van der Waals surface area contributed by atoms with E-state index in [0.29, 0.717) is 10.8 Å². The van der Waals surface area contributed by atoms with Crippen LogP contribution in [0.5, 0.6) is 0 Å². The van der Waals surface area contributed by atoms with Crippen LogP contribution in [0.2, 0.25) is 0 Å². The van der Waals surface area contributed by atoms with E-state index in [-0.39, 0.29) is 5.41 Å². The van der Waals surface area contributed by atoms with E-state index in [1.54, 1.807) is 5.56 Å². The molecule has 0 heterocycles. The Morgan fingerprint density at radius 1 is 1.05 bits per heavy atom. The lowest BCUT2D eigenvalue weighted by molar-refractivity contribution is 0.0560. The second-order valence-corrected chi connectivity index (χ2v) is 9.28. The van der Waals surface area contributed by atoms with Gasteiger partial charge < -0.3 is 5.32 Å². The van der Waals surface area contributed by atoms with Crippen LogP contribution in [0.4, 0.5) is 0 Å². The van der Waals surface area contributed by atoms with E-state index < -0.39 is 0 Å². The predicted molar refractivity (Wildman–Crippen MR) is 90.9 cm³/mol. The van der Waals surface area contributed by atoms with Gasteiger partial charge >= 0.3 is 0 Å². The molecule has 2 fully saturated rings. The molecule has 0 atom stereocenters. The Hall–Kier alpha value is -0.820. The lowest BCUT2D eigenvalue weighted by atomic mass is 9.52. The Morgan fingerprint density at radius 3 is 2.05 bits per heavy atom. The molecule has 0 bridgehead atoms. The largest absolute Gasteiger partial charge is 0.313 e. The van der Waals surface area contributed by atoms with Crippen molar-refractivity contribution < 1.29 is 0 Å². The summed E-state index contributed by atoms with van der Waals surface area (Å²) in [6.45, 7) is 12.9. The van der Waals surface area contributed by atoms with E-state index >= 15 is 0 Å². The van der Waals surface area contributed by atoms with Crippen LogP contribution in [-0.4, -0.2) is 12.6 Å². The van der Waals surface area contributed by atoms with Gasteiger partial charge in [0.25, 0.3) is 0 Å². The molecule has 1 heteroatoms. The van der Waals surface area contributed by atoms with Gasteiger partial charge in [0.1, 0.15) is 0 Å². The molecule has 1 N–H and O–H groups in total. The molecule has 1 aromatic carbocycles. The fraction of sp³-hybridized carbons (Fsp3) is 0.700. The van der Waals surface area contributed by atoms with Crippen LogP contribution in [0.15, 0.2) is 24.3 Å². The van der Waals surface area contributed by atoms with Crippen molar-refractivity contribution in [1.29, 1.82) is 0 Å². The van der Waals surface area contributed by atoms with Gasteiger partial charge in [-0.15, -0.1) is 0 Å². The normalized spacial score (nSPS) is 23.7. The maximum absolute atomic E-state index is 3.78. The van der Waals surface area contributed by atoms with Crippen molar-refractivity contribution >= 4 is 0 Å². The molecule has 2 saturated carbocycles. The molecule has 0 amide bonds. The van der Waals surface area contributed by atoms with Crippen LogP contribution in [0.25, 0.3) is 0 Å². The minimum absolute atomic E-state index is 0.247. The highest BCUT2D eigenvalue weighted by Gasteiger charge is 2.50. The van der Waals surface area contributed by atoms with Crippen LogP contribution >= 0.6 is 0 Å². The van der Waals surface area contributed by atoms with Gasteiger partial charge in [0.05, 0.1) is 0 Å². The molecule has 1 nitrogen and oxygen atoms in total. The minimum atomic E-state index is 0.247. The van der Waals surface area contributed by atoms with E-state index in [2.05, 4.69) is 64.2 Å². The first-order valence-corrected chi connectivity index (χ1v) is 8.55. The number of nitrogens with one attached hydrogen (secondary N) is 1. The van der Waals surface area contributed by atoms with E-state index in [1.165, 1.54) is 31.2 Å². The summed E-state index contributed by atoms with van der Waals surface area (Å²) in [5, 5.41) is 3.78. The molecule has 21 heavy (non-hydrogen) atoms. The summed E-state index contributed by atoms with van der Waals surface area (Å²) in [6.07, 6.45) is 5.38. The molecule has 0 spiro atoms. The van der Waals surface area contributed by atoms with Gasteiger partial charge in [-0.2, -0.15) is 0 Å². The van der Waals surface area contributed by atoms with E-state index in [0.717, 1.165) is 12.6 Å².